The zero-order valence-corrected chi connectivity index (χ0v) is 14.3. The number of hydrogen-bond acceptors (Lipinski definition) is 6. The van der Waals surface area contributed by atoms with Crippen LogP contribution in [0.1, 0.15) is 26.4 Å². The quantitative estimate of drug-likeness (QED) is 0.789. The Morgan fingerprint density at radius 2 is 1.72 bits per heavy atom. The highest BCUT2D eigenvalue weighted by Crippen LogP contribution is 2.17. The summed E-state index contributed by atoms with van der Waals surface area (Å²) in [7, 11) is 1.31. The van der Waals surface area contributed by atoms with Crippen molar-refractivity contribution in [3.05, 3.63) is 53.5 Å². The van der Waals surface area contributed by atoms with E-state index >= 15 is 0 Å². The summed E-state index contributed by atoms with van der Waals surface area (Å²) in [5.41, 5.74) is 1.58. The molecule has 0 radical (unpaired) electrons. The first-order valence-electron chi connectivity index (χ1n) is 8.10. The number of piperazine rings is 1. The van der Waals surface area contributed by atoms with Gasteiger partial charge in [0.2, 0.25) is 0 Å². The molecule has 0 aliphatic carbocycles. The van der Waals surface area contributed by atoms with Crippen molar-refractivity contribution in [2.45, 2.75) is 6.92 Å². The Morgan fingerprint density at radius 1 is 1.04 bits per heavy atom. The summed E-state index contributed by atoms with van der Waals surface area (Å²) in [5.74, 6) is 0.216. The van der Waals surface area contributed by atoms with Crippen molar-refractivity contribution < 1.29 is 14.3 Å². The van der Waals surface area contributed by atoms with Crippen LogP contribution in [0.5, 0.6) is 0 Å². The van der Waals surface area contributed by atoms with E-state index in [1.54, 1.807) is 35.5 Å². The van der Waals surface area contributed by atoms with Crippen LogP contribution in [0.4, 0.5) is 5.82 Å². The molecule has 0 atom stereocenters. The lowest BCUT2D eigenvalue weighted by Crippen LogP contribution is -2.49. The SMILES string of the molecule is COC(=O)c1ccccc1C(=O)N1CCN(c2cc(C)ncn2)CC1. The van der Waals surface area contributed by atoms with Crippen LogP contribution in [0.25, 0.3) is 0 Å². The summed E-state index contributed by atoms with van der Waals surface area (Å²) < 4.78 is 4.77. The molecule has 7 heteroatoms. The summed E-state index contributed by atoms with van der Waals surface area (Å²) in [6.07, 6.45) is 1.55. The Bertz CT molecular complexity index is 785. The molecular weight excluding hydrogens is 320 g/mol. The standard InChI is InChI=1S/C18H20N4O3/c1-13-11-16(20-12-19-13)21-7-9-22(10-8-21)17(23)14-5-3-4-6-15(14)18(24)25-2/h3-6,11-12H,7-10H2,1-2H3. The molecule has 2 heterocycles. The lowest BCUT2D eigenvalue weighted by molar-refractivity contribution is 0.0589. The van der Waals surface area contributed by atoms with E-state index in [2.05, 4.69) is 14.9 Å². The first kappa shape index (κ1) is 16.9. The average Bonchev–Trinajstić information content (AvgIpc) is 2.67. The van der Waals surface area contributed by atoms with E-state index in [0.29, 0.717) is 37.3 Å². The molecule has 1 aliphatic rings. The van der Waals surface area contributed by atoms with Gasteiger partial charge in [0.1, 0.15) is 12.1 Å². The molecule has 0 bridgehead atoms. The molecule has 7 nitrogen and oxygen atoms in total. The van der Waals surface area contributed by atoms with E-state index in [9.17, 15) is 9.59 Å². The van der Waals surface area contributed by atoms with E-state index in [0.717, 1.165) is 11.5 Å². The first-order valence-corrected chi connectivity index (χ1v) is 8.10. The van der Waals surface area contributed by atoms with Crippen LogP contribution in [0.3, 0.4) is 0 Å². The van der Waals surface area contributed by atoms with Gasteiger partial charge in [-0.2, -0.15) is 0 Å². The molecule has 1 aromatic heterocycles. The highest BCUT2D eigenvalue weighted by atomic mass is 16.5. The van der Waals surface area contributed by atoms with E-state index in [1.165, 1.54) is 7.11 Å². The average molecular weight is 340 g/mol. The third-order valence-electron chi connectivity index (χ3n) is 4.24. The predicted octanol–water partition coefficient (Wildman–Crippen LogP) is 1.53. The van der Waals surface area contributed by atoms with Crippen LogP contribution in [-0.2, 0) is 4.74 Å². The van der Waals surface area contributed by atoms with Crippen LogP contribution in [0, 0.1) is 6.92 Å². The molecule has 1 aliphatic heterocycles. The van der Waals surface area contributed by atoms with Crippen LogP contribution < -0.4 is 4.90 Å². The number of methoxy groups -OCH3 is 1. The Morgan fingerprint density at radius 3 is 2.36 bits per heavy atom. The molecule has 0 saturated carbocycles. The largest absolute Gasteiger partial charge is 0.465 e. The molecular formula is C18H20N4O3. The molecule has 1 aromatic carbocycles. The zero-order valence-electron chi connectivity index (χ0n) is 14.3. The van der Waals surface area contributed by atoms with Gasteiger partial charge in [0.05, 0.1) is 18.2 Å². The van der Waals surface area contributed by atoms with Gasteiger partial charge in [0, 0.05) is 37.9 Å². The van der Waals surface area contributed by atoms with Crippen molar-refractivity contribution in [3.8, 4) is 0 Å². The van der Waals surface area contributed by atoms with Crippen molar-refractivity contribution in [2.24, 2.45) is 0 Å². The molecule has 1 amide bonds. The highest BCUT2D eigenvalue weighted by Gasteiger charge is 2.26. The first-order chi connectivity index (χ1) is 12.1. The fourth-order valence-electron chi connectivity index (χ4n) is 2.88. The van der Waals surface area contributed by atoms with E-state index < -0.39 is 5.97 Å². The molecule has 25 heavy (non-hydrogen) atoms. The Labute approximate surface area is 146 Å². The zero-order chi connectivity index (χ0) is 17.8. The summed E-state index contributed by atoms with van der Waals surface area (Å²) in [5, 5.41) is 0. The number of amides is 1. The van der Waals surface area contributed by atoms with Crippen LogP contribution >= 0.6 is 0 Å². The van der Waals surface area contributed by atoms with E-state index in [4.69, 9.17) is 4.74 Å². The summed E-state index contributed by atoms with van der Waals surface area (Å²) >= 11 is 0. The van der Waals surface area contributed by atoms with Crippen LogP contribution in [0.2, 0.25) is 0 Å². The number of nitrogens with zero attached hydrogens (tertiary/aromatic N) is 4. The monoisotopic (exact) mass is 340 g/mol. The Balaban J connectivity index is 1.71. The third kappa shape index (κ3) is 3.60. The minimum atomic E-state index is -0.501. The van der Waals surface area contributed by atoms with Gasteiger partial charge < -0.3 is 14.5 Å². The molecule has 3 rings (SSSR count). The molecule has 130 valence electrons. The number of ether oxygens (including phenoxy) is 1. The topological polar surface area (TPSA) is 75.6 Å². The van der Waals surface area contributed by atoms with Gasteiger partial charge in [-0.15, -0.1) is 0 Å². The Hall–Kier alpha value is -2.96. The second-order valence-electron chi connectivity index (χ2n) is 5.83. The van der Waals surface area contributed by atoms with Gasteiger partial charge in [-0.25, -0.2) is 14.8 Å². The number of benzene rings is 1. The van der Waals surface area contributed by atoms with Gasteiger partial charge >= 0.3 is 5.97 Å². The second-order valence-corrected chi connectivity index (χ2v) is 5.83. The maximum atomic E-state index is 12.8. The minimum Gasteiger partial charge on any atom is -0.465 e. The summed E-state index contributed by atoms with van der Waals surface area (Å²) in [6, 6.07) is 8.68. The minimum absolute atomic E-state index is 0.153. The maximum absolute atomic E-state index is 12.8. The fraction of sp³-hybridized carbons (Fsp3) is 0.333. The van der Waals surface area contributed by atoms with Crippen LogP contribution in [0.15, 0.2) is 36.7 Å². The molecule has 0 unspecified atom stereocenters. The Kier molecular flexibility index (Phi) is 4.92. The number of aryl methyl sites for hydroxylation is 1. The molecule has 1 fully saturated rings. The number of hydrogen-bond donors (Lipinski definition) is 0. The van der Waals surface area contributed by atoms with Gasteiger partial charge in [-0.3, -0.25) is 4.79 Å². The molecule has 0 spiro atoms. The smallest absolute Gasteiger partial charge is 0.338 e. The molecule has 0 N–H and O–H groups in total. The second kappa shape index (κ2) is 7.29. The van der Waals surface area contributed by atoms with Gasteiger partial charge in [-0.1, -0.05) is 12.1 Å². The van der Waals surface area contributed by atoms with Gasteiger partial charge in [0.15, 0.2) is 0 Å². The van der Waals surface area contributed by atoms with Crippen molar-refractivity contribution in [2.75, 3.05) is 38.2 Å². The van der Waals surface area contributed by atoms with Gasteiger partial charge in [0.25, 0.3) is 5.91 Å². The number of esters is 1. The van der Waals surface area contributed by atoms with Crippen molar-refractivity contribution in [3.63, 3.8) is 0 Å². The van der Waals surface area contributed by atoms with E-state index in [-0.39, 0.29) is 5.91 Å². The predicted molar refractivity (Wildman–Crippen MR) is 92.7 cm³/mol. The van der Waals surface area contributed by atoms with Crippen molar-refractivity contribution in [1.29, 1.82) is 0 Å². The summed E-state index contributed by atoms with van der Waals surface area (Å²) in [4.78, 5) is 37.0. The lowest BCUT2D eigenvalue weighted by Gasteiger charge is -2.35. The summed E-state index contributed by atoms with van der Waals surface area (Å²) in [6.45, 7) is 4.43. The number of anilines is 1. The van der Waals surface area contributed by atoms with Crippen molar-refractivity contribution in [1.82, 2.24) is 14.9 Å². The lowest BCUT2D eigenvalue weighted by atomic mass is 10.1. The maximum Gasteiger partial charge on any atom is 0.338 e. The van der Waals surface area contributed by atoms with Crippen molar-refractivity contribution >= 4 is 17.7 Å². The molecule has 2 aromatic rings. The van der Waals surface area contributed by atoms with Crippen LogP contribution in [-0.4, -0.2) is 60.0 Å². The number of carbonyl (C=O) groups excluding carboxylic acids is 2. The normalized spacial score (nSPS) is 14.3. The van der Waals surface area contributed by atoms with Gasteiger partial charge in [-0.05, 0) is 19.1 Å². The number of carbonyl (C=O) groups is 2. The number of rotatable bonds is 3. The molecule has 1 saturated heterocycles. The highest BCUT2D eigenvalue weighted by molar-refractivity contribution is 6.05. The van der Waals surface area contributed by atoms with E-state index in [1.807, 2.05) is 13.0 Å². The fourth-order valence-corrected chi connectivity index (χ4v) is 2.88. The third-order valence-corrected chi connectivity index (χ3v) is 4.24. The number of aromatic nitrogens is 2.